The summed E-state index contributed by atoms with van der Waals surface area (Å²) in [5.74, 6) is 1.56. The van der Waals surface area contributed by atoms with Crippen LogP contribution >= 0.6 is 0 Å². The van der Waals surface area contributed by atoms with Gasteiger partial charge in [0.1, 0.15) is 5.75 Å². The van der Waals surface area contributed by atoms with Crippen molar-refractivity contribution in [2.24, 2.45) is 0 Å². The molecule has 1 aromatic carbocycles. The molecule has 0 bridgehead atoms. The highest BCUT2D eigenvalue weighted by Crippen LogP contribution is 2.33. The SMILES string of the molecule is C=Cc1ccccc1OCc1nnc(C2(OC)CCOC2)o1. The van der Waals surface area contributed by atoms with E-state index in [4.69, 9.17) is 18.6 Å². The number of hydrogen-bond donors (Lipinski definition) is 0. The number of hydrogen-bond acceptors (Lipinski definition) is 6. The molecule has 0 N–H and O–H groups in total. The Labute approximate surface area is 128 Å². The zero-order valence-corrected chi connectivity index (χ0v) is 12.4. The molecule has 0 spiro atoms. The summed E-state index contributed by atoms with van der Waals surface area (Å²) in [7, 11) is 1.62. The van der Waals surface area contributed by atoms with Gasteiger partial charge in [-0.1, -0.05) is 30.9 Å². The van der Waals surface area contributed by atoms with E-state index in [0.29, 0.717) is 31.4 Å². The van der Waals surface area contributed by atoms with Crippen LogP contribution in [0.2, 0.25) is 0 Å². The lowest BCUT2D eigenvalue weighted by atomic mass is 10.0. The lowest BCUT2D eigenvalue weighted by Gasteiger charge is -2.20. The van der Waals surface area contributed by atoms with Crippen LogP contribution < -0.4 is 4.74 Å². The third-order valence-corrected chi connectivity index (χ3v) is 3.72. The molecule has 22 heavy (non-hydrogen) atoms. The van der Waals surface area contributed by atoms with Gasteiger partial charge in [-0.3, -0.25) is 0 Å². The molecule has 2 heterocycles. The fourth-order valence-electron chi connectivity index (χ4n) is 2.38. The zero-order chi connectivity index (χ0) is 15.4. The van der Waals surface area contributed by atoms with E-state index in [0.717, 1.165) is 11.3 Å². The van der Waals surface area contributed by atoms with E-state index >= 15 is 0 Å². The quantitative estimate of drug-likeness (QED) is 0.817. The van der Waals surface area contributed by atoms with Gasteiger partial charge in [-0.15, -0.1) is 10.2 Å². The topological polar surface area (TPSA) is 66.6 Å². The first kappa shape index (κ1) is 14.7. The first-order chi connectivity index (χ1) is 10.8. The lowest BCUT2D eigenvalue weighted by Crippen LogP contribution is -2.29. The largest absolute Gasteiger partial charge is 0.483 e. The van der Waals surface area contributed by atoms with E-state index in [9.17, 15) is 0 Å². The molecule has 2 aromatic rings. The molecule has 0 saturated carbocycles. The normalized spacial score (nSPS) is 21.0. The van der Waals surface area contributed by atoms with Gasteiger partial charge in [0.2, 0.25) is 0 Å². The smallest absolute Gasteiger partial charge is 0.254 e. The third kappa shape index (κ3) is 2.75. The van der Waals surface area contributed by atoms with Crippen molar-refractivity contribution in [1.82, 2.24) is 10.2 Å². The molecule has 1 saturated heterocycles. The Morgan fingerprint density at radius 3 is 2.95 bits per heavy atom. The lowest BCUT2D eigenvalue weighted by molar-refractivity contribution is -0.0420. The van der Waals surface area contributed by atoms with E-state index < -0.39 is 5.60 Å². The number of aromatic nitrogens is 2. The van der Waals surface area contributed by atoms with Gasteiger partial charge < -0.3 is 18.6 Å². The van der Waals surface area contributed by atoms with Gasteiger partial charge in [0.05, 0.1) is 13.2 Å². The number of nitrogens with zero attached hydrogens (tertiary/aromatic N) is 2. The highest BCUT2D eigenvalue weighted by Gasteiger charge is 2.42. The predicted octanol–water partition coefficient (Wildman–Crippen LogP) is 2.55. The van der Waals surface area contributed by atoms with Crippen molar-refractivity contribution in [3.05, 3.63) is 48.2 Å². The van der Waals surface area contributed by atoms with Crippen LogP contribution in [0, 0.1) is 0 Å². The second-order valence-electron chi connectivity index (χ2n) is 5.03. The van der Waals surface area contributed by atoms with Crippen LogP contribution in [-0.4, -0.2) is 30.5 Å². The van der Waals surface area contributed by atoms with Gasteiger partial charge in [-0.2, -0.15) is 0 Å². The number of para-hydroxylation sites is 1. The van der Waals surface area contributed by atoms with E-state index in [-0.39, 0.29) is 6.61 Å². The summed E-state index contributed by atoms with van der Waals surface area (Å²) in [6, 6.07) is 7.63. The van der Waals surface area contributed by atoms with Crippen molar-refractivity contribution in [1.29, 1.82) is 0 Å². The highest BCUT2D eigenvalue weighted by atomic mass is 16.6. The fraction of sp³-hybridized carbons (Fsp3) is 0.375. The molecule has 1 aliphatic heterocycles. The molecule has 0 radical (unpaired) electrons. The van der Waals surface area contributed by atoms with Gasteiger partial charge in [0, 0.05) is 19.1 Å². The molecule has 3 rings (SSSR count). The fourth-order valence-corrected chi connectivity index (χ4v) is 2.38. The molecule has 0 amide bonds. The number of methoxy groups -OCH3 is 1. The van der Waals surface area contributed by atoms with Crippen molar-refractivity contribution in [2.75, 3.05) is 20.3 Å². The summed E-state index contributed by atoms with van der Waals surface area (Å²) < 4.78 is 22.3. The minimum absolute atomic E-state index is 0.193. The van der Waals surface area contributed by atoms with Crippen LogP contribution in [0.5, 0.6) is 5.75 Å². The van der Waals surface area contributed by atoms with Crippen LogP contribution in [0.4, 0.5) is 0 Å². The third-order valence-electron chi connectivity index (χ3n) is 3.72. The summed E-state index contributed by atoms with van der Waals surface area (Å²) >= 11 is 0. The zero-order valence-electron chi connectivity index (χ0n) is 12.4. The Kier molecular flexibility index (Phi) is 4.22. The van der Waals surface area contributed by atoms with Crippen molar-refractivity contribution in [2.45, 2.75) is 18.6 Å². The van der Waals surface area contributed by atoms with Crippen LogP contribution in [0.1, 0.15) is 23.8 Å². The maximum absolute atomic E-state index is 5.72. The average Bonchev–Trinajstić information content (AvgIpc) is 3.23. The number of benzene rings is 1. The molecule has 1 aliphatic rings. The minimum atomic E-state index is -0.635. The Morgan fingerprint density at radius 1 is 1.36 bits per heavy atom. The predicted molar refractivity (Wildman–Crippen MR) is 79.3 cm³/mol. The van der Waals surface area contributed by atoms with Gasteiger partial charge in [0.25, 0.3) is 11.8 Å². The van der Waals surface area contributed by atoms with Gasteiger partial charge >= 0.3 is 0 Å². The number of ether oxygens (including phenoxy) is 3. The van der Waals surface area contributed by atoms with E-state index in [2.05, 4.69) is 16.8 Å². The Morgan fingerprint density at radius 2 is 2.23 bits per heavy atom. The minimum Gasteiger partial charge on any atom is -0.483 e. The van der Waals surface area contributed by atoms with Crippen molar-refractivity contribution in [3.8, 4) is 5.75 Å². The summed E-state index contributed by atoms with van der Waals surface area (Å²) in [6.07, 6.45) is 2.44. The van der Waals surface area contributed by atoms with Gasteiger partial charge in [-0.05, 0) is 6.07 Å². The summed E-state index contributed by atoms with van der Waals surface area (Å²) in [5, 5.41) is 8.10. The second kappa shape index (κ2) is 6.29. The maximum Gasteiger partial charge on any atom is 0.254 e. The van der Waals surface area contributed by atoms with E-state index in [1.165, 1.54) is 0 Å². The summed E-state index contributed by atoms with van der Waals surface area (Å²) in [5.41, 5.74) is 0.282. The van der Waals surface area contributed by atoms with Crippen LogP contribution in [-0.2, 0) is 21.7 Å². The second-order valence-corrected chi connectivity index (χ2v) is 5.03. The molecule has 1 fully saturated rings. The molecule has 6 nitrogen and oxygen atoms in total. The monoisotopic (exact) mass is 302 g/mol. The van der Waals surface area contributed by atoms with Crippen molar-refractivity contribution in [3.63, 3.8) is 0 Å². The Hall–Kier alpha value is -2.18. The Bertz CT molecular complexity index is 647. The van der Waals surface area contributed by atoms with Crippen LogP contribution in [0.25, 0.3) is 6.08 Å². The summed E-state index contributed by atoms with van der Waals surface area (Å²) in [6.45, 7) is 5.00. The number of rotatable bonds is 6. The van der Waals surface area contributed by atoms with Crippen molar-refractivity contribution >= 4 is 6.08 Å². The van der Waals surface area contributed by atoms with E-state index in [1.54, 1.807) is 13.2 Å². The summed E-state index contributed by atoms with van der Waals surface area (Å²) in [4.78, 5) is 0. The first-order valence-electron chi connectivity index (χ1n) is 7.07. The molecule has 1 unspecified atom stereocenters. The average molecular weight is 302 g/mol. The molecule has 116 valence electrons. The van der Waals surface area contributed by atoms with Gasteiger partial charge in [0.15, 0.2) is 12.2 Å². The molecule has 0 aliphatic carbocycles. The van der Waals surface area contributed by atoms with Crippen LogP contribution in [0.3, 0.4) is 0 Å². The standard InChI is InChI=1S/C16H18N2O4/c1-3-12-6-4-5-7-13(12)21-10-14-17-18-15(22-14)16(19-2)8-9-20-11-16/h3-7H,1,8-11H2,2H3. The molecule has 1 atom stereocenters. The van der Waals surface area contributed by atoms with Crippen LogP contribution in [0.15, 0.2) is 35.3 Å². The first-order valence-corrected chi connectivity index (χ1v) is 7.07. The van der Waals surface area contributed by atoms with E-state index in [1.807, 2.05) is 24.3 Å². The highest BCUT2D eigenvalue weighted by molar-refractivity contribution is 5.55. The van der Waals surface area contributed by atoms with Crippen molar-refractivity contribution < 1.29 is 18.6 Å². The van der Waals surface area contributed by atoms with Gasteiger partial charge in [-0.25, -0.2) is 0 Å². The molecule has 1 aromatic heterocycles. The molecular formula is C16H18N2O4. The Balaban J connectivity index is 1.71. The molecule has 6 heteroatoms. The molecular weight excluding hydrogens is 284 g/mol. The maximum atomic E-state index is 5.72.